The molecule has 190 valence electrons. The van der Waals surface area contributed by atoms with E-state index in [0.29, 0.717) is 0 Å². The van der Waals surface area contributed by atoms with Crippen molar-refractivity contribution in [3.8, 4) is 11.1 Å². The van der Waals surface area contributed by atoms with Crippen LogP contribution in [0, 0.1) is 0 Å². The highest BCUT2D eigenvalue weighted by Crippen LogP contribution is 2.55. The summed E-state index contributed by atoms with van der Waals surface area (Å²) < 4.78 is 0. The van der Waals surface area contributed by atoms with Crippen molar-refractivity contribution in [2.45, 2.75) is 57.8 Å². The SMILES string of the molecule is CCCCC1(CCCC)c2ccccc2-c2ccc(N(c3ccccc3)c3cccc4ccccc34)cc21. The molecule has 0 unspecified atom stereocenters. The Hall–Kier alpha value is -3.84. The number of anilines is 3. The molecule has 0 amide bonds. The van der Waals surface area contributed by atoms with Crippen molar-refractivity contribution in [1.82, 2.24) is 0 Å². The zero-order valence-electron chi connectivity index (χ0n) is 22.7. The van der Waals surface area contributed by atoms with E-state index < -0.39 is 0 Å². The van der Waals surface area contributed by atoms with E-state index in [2.05, 4.69) is 134 Å². The molecule has 5 aromatic carbocycles. The fourth-order valence-electron chi connectivity index (χ4n) is 6.61. The third kappa shape index (κ3) is 4.11. The minimum atomic E-state index is 0.0784. The highest BCUT2D eigenvalue weighted by molar-refractivity contribution is 5.99. The van der Waals surface area contributed by atoms with Crippen LogP contribution in [-0.4, -0.2) is 0 Å². The summed E-state index contributed by atoms with van der Waals surface area (Å²) in [5.74, 6) is 0. The average molecular weight is 496 g/mol. The summed E-state index contributed by atoms with van der Waals surface area (Å²) in [6.07, 6.45) is 7.34. The lowest BCUT2D eigenvalue weighted by atomic mass is 9.71. The van der Waals surface area contributed by atoms with E-state index in [4.69, 9.17) is 0 Å². The van der Waals surface area contributed by atoms with Gasteiger partial charge in [-0.1, -0.05) is 124 Å². The molecular weight excluding hydrogens is 458 g/mol. The topological polar surface area (TPSA) is 3.24 Å². The lowest BCUT2D eigenvalue weighted by Gasteiger charge is -2.34. The van der Waals surface area contributed by atoms with Gasteiger partial charge in [0.1, 0.15) is 0 Å². The molecule has 0 aliphatic heterocycles. The van der Waals surface area contributed by atoms with Crippen LogP contribution in [0.3, 0.4) is 0 Å². The van der Waals surface area contributed by atoms with Gasteiger partial charge in [0.15, 0.2) is 0 Å². The molecule has 0 atom stereocenters. The maximum atomic E-state index is 2.52. The molecule has 38 heavy (non-hydrogen) atoms. The molecule has 5 aromatic rings. The van der Waals surface area contributed by atoms with Crippen molar-refractivity contribution < 1.29 is 0 Å². The lowest BCUT2D eigenvalue weighted by molar-refractivity contribution is 0.414. The first-order valence-corrected chi connectivity index (χ1v) is 14.3. The van der Waals surface area contributed by atoms with Crippen LogP contribution in [-0.2, 0) is 5.41 Å². The molecular formula is C37H37N. The number of hydrogen-bond donors (Lipinski definition) is 0. The Labute approximate surface area is 227 Å². The largest absolute Gasteiger partial charge is 0.310 e. The summed E-state index contributed by atoms with van der Waals surface area (Å²) in [6, 6.07) is 42.7. The van der Waals surface area contributed by atoms with Gasteiger partial charge in [-0.15, -0.1) is 0 Å². The first kappa shape index (κ1) is 24.5. The Kier molecular flexibility index (Phi) is 6.77. The summed E-state index contributed by atoms with van der Waals surface area (Å²) in [4.78, 5) is 2.45. The second-order valence-electron chi connectivity index (χ2n) is 10.7. The van der Waals surface area contributed by atoms with Gasteiger partial charge in [0.25, 0.3) is 0 Å². The molecule has 0 saturated heterocycles. The molecule has 0 radical (unpaired) electrons. The van der Waals surface area contributed by atoms with Crippen molar-refractivity contribution in [2.24, 2.45) is 0 Å². The van der Waals surface area contributed by atoms with Crippen LogP contribution in [0.4, 0.5) is 17.1 Å². The molecule has 1 aliphatic carbocycles. The third-order valence-corrected chi connectivity index (χ3v) is 8.45. The van der Waals surface area contributed by atoms with Crippen molar-refractivity contribution >= 4 is 27.8 Å². The normalized spacial score (nSPS) is 13.3. The molecule has 0 saturated carbocycles. The summed E-state index contributed by atoms with van der Waals surface area (Å²) in [7, 11) is 0. The van der Waals surface area contributed by atoms with E-state index in [-0.39, 0.29) is 5.41 Å². The predicted octanol–water partition coefficient (Wildman–Crippen LogP) is 11.0. The molecule has 0 heterocycles. The van der Waals surface area contributed by atoms with Crippen LogP contribution in [0.5, 0.6) is 0 Å². The second-order valence-corrected chi connectivity index (χ2v) is 10.7. The Morgan fingerprint density at radius 1 is 0.553 bits per heavy atom. The van der Waals surface area contributed by atoms with Gasteiger partial charge in [0.2, 0.25) is 0 Å². The second kappa shape index (κ2) is 10.5. The Bertz CT molecular complexity index is 1530. The van der Waals surface area contributed by atoms with Gasteiger partial charge in [-0.3, -0.25) is 0 Å². The van der Waals surface area contributed by atoms with E-state index in [0.717, 1.165) is 0 Å². The van der Waals surface area contributed by atoms with Crippen molar-refractivity contribution in [2.75, 3.05) is 4.90 Å². The Morgan fingerprint density at radius 2 is 1.21 bits per heavy atom. The number of hydrogen-bond acceptors (Lipinski definition) is 1. The smallest absolute Gasteiger partial charge is 0.0540 e. The highest BCUT2D eigenvalue weighted by Gasteiger charge is 2.42. The van der Waals surface area contributed by atoms with Crippen LogP contribution in [0.2, 0.25) is 0 Å². The molecule has 1 heteroatoms. The lowest BCUT2D eigenvalue weighted by Crippen LogP contribution is -2.25. The van der Waals surface area contributed by atoms with Gasteiger partial charge in [-0.25, -0.2) is 0 Å². The van der Waals surface area contributed by atoms with E-state index in [1.165, 1.54) is 88.6 Å². The van der Waals surface area contributed by atoms with Gasteiger partial charge in [0, 0.05) is 22.2 Å². The standard InChI is InChI=1S/C37H37N/c1-3-5-25-37(26-6-4-2)34-21-13-12-20-32(34)33-24-23-30(27-35(33)37)38(29-17-8-7-9-18-29)36-22-14-16-28-15-10-11-19-31(28)36/h7-24,27H,3-6,25-26H2,1-2H3. The molecule has 0 bridgehead atoms. The van der Waals surface area contributed by atoms with E-state index in [9.17, 15) is 0 Å². The number of fused-ring (bicyclic) bond motifs is 4. The van der Waals surface area contributed by atoms with Crippen LogP contribution in [0.15, 0.2) is 115 Å². The number of rotatable bonds is 9. The number of nitrogens with zero attached hydrogens (tertiary/aromatic N) is 1. The summed E-state index contributed by atoms with van der Waals surface area (Å²) >= 11 is 0. The van der Waals surface area contributed by atoms with Gasteiger partial charge in [-0.2, -0.15) is 0 Å². The molecule has 1 nitrogen and oxygen atoms in total. The zero-order valence-corrected chi connectivity index (χ0v) is 22.7. The number of benzene rings is 5. The van der Waals surface area contributed by atoms with Crippen LogP contribution >= 0.6 is 0 Å². The quantitative estimate of drug-likeness (QED) is 0.196. The molecule has 0 spiro atoms. The molecule has 6 rings (SSSR count). The Morgan fingerprint density at radius 3 is 2.00 bits per heavy atom. The summed E-state index contributed by atoms with van der Waals surface area (Å²) in [5.41, 5.74) is 9.61. The molecule has 0 fully saturated rings. The van der Waals surface area contributed by atoms with Crippen molar-refractivity contribution in [3.63, 3.8) is 0 Å². The van der Waals surface area contributed by atoms with Crippen LogP contribution in [0.25, 0.3) is 21.9 Å². The monoisotopic (exact) mass is 495 g/mol. The van der Waals surface area contributed by atoms with Crippen molar-refractivity contribution in [3.05, 3.63) is 126 Å². The average Bonchev–Trinajstić information content (AvgIpc) is 3.25. The van der Waals surface area contributed by atoms with Gasteiger partial charge in [0.05, 0.1) is 5.69 Å². The summed E-state index contributed by atoms with van der Waals surface area (Å²) in [5, 5.41) is 2.53. The van der Waals surface area contributed by atoms with Gasteiger partial charge in [-0.05, 0) is 70.8 Å². The Balaban J connectivity index is 1.59. The maximum absolute atomic E-state index is 2.52. The van der Waals surface area contributed by atoms with E-state index in [1.54, 1.807) is 0 Å². The van der Waals surface area contributed by atoms with Gasteiger partial charge >= 0.3 is 0 Å². The highest BCUT2D eigenvalue weighted by atomic mass is 15.1. The number of unbranched alkanes of at least 4 members (excludes halogenated alkanes) is 2. The maximum Gasteiger partial charge on any atom is 0.0540 e. The fourth-order valence-corrected chi connectivity index (χ4v) is 6.61. The van der Waals surface area contributed by atoms with Gasteiger partial charge < -0.3 is 4.90 Å². The molecule has 0 aromatic heterocycles. The third-order valence-electron chi connectivity index (χ3n) is 8.45. The molecule has 1 aliphatic rings. The first-order chi connectivity index (χ1) is 18.8. The van der Waals surface area contributed by atoms with E-state index >= 15 is 0 Å². The van der Waals surface area contributed by atoms with Crippen LogP contribution in [0.1, 0.15) is 63.5 Å². The first-order valence-electron chi connectivity index (χ1n) is 14.3. The number of para-hydroxylation sites is 1. The molecule has 0 N–H and O–H groups in total. The van der Waals surface area contributed by atoms with Crippen LogP contribution < -0.4 is 4.90 Å². The minimum Gasteiger partial charge on any atom is -0.310 e. The predicted molar refractivity (Wildman–Crippen MR) is 164 cm³/mol. The minimum absolute atomic E-state index is 0.0784. The summed E-state index contributed by atoms with van der Waals surface area (Å²) in [6.45, 7) is 4.65. The van der Waals surface area contributed by atoms with E-state index in [1.807, 2.05) is 0 Å². The van der Waals surface area contributed by atoms with Crippen molar-refractivity contribution in [1.29, 1.82) is 0 Å². The fraction of sp³-hybridized carbons (Fsp3) is 0.243. The zero-order chi connectivity index (χ0) is 26.0.